The standard InChI is InChI=1S/C7H8ClFN2O/c8-7-1-4(6(10)3-12)5(9)2-11-7/h1-2,6,12H,3,10H2/t6-/m0/s1. The first-order valence-electron chi connectivity index (χ1n) is 3.32. The fourth-order valence-electron chi connectivity index (χ4n) is 0.810. The molecule has 0 saturated heterocycles. The van der Waals surface area contributed by atoms with Crippen LogP contribution in [0.3, 0.4) is 0 Å². The van der Waals surface area contributed by atoms with Gasteiger partial charge in [-0.1, -0.05) is 11.6 Å². The number of pyridine rings is 1. The summed E-state index contributed by atoms with van der Waals surface area (Å²) in [5.74, 6) is -0.555. The van der Waals surface area contributed by atoms with Gasteiger partial charge < -0.3 is 10.8 Å². The van der Waals surface area contributed by atoms with E-state index in [9.17, 15) is 4.39 Å². The minimum Gasteiger partial charge on any atom is -0.394 e. The molecule has 0 aromatic carbocycles. The SMILES string of the molecule is N[C@@H](CO)c1cc(Cl)ncc1F. The number of nitrogens with zero attached hydrogens (tertiary/aromatic N) is 1. The molecule has 0 saturated carbocycles. The van der Waals surface area contributed by atoms with Crippen molar-refractivity contribution in [3.8, 4) is 0 Å². The Morgan fingerprint density at radius 3 is 3.00 bits per heavy atom. The molecular weight excluding hydrogens is 183 g/mol. The van der Waals surface area contributed by atoms with Gasteiger partial charge in [0.2, 0.25) is 0 Å². The Morgan fingerprint density at radius 1 is 1.75 bits per heavy atom. The Bertz CT molecular complexity index is 282. The minimum atomic E-state index is -0.745. The number of aliphatic hydroxyl groups excluding tert-OH is 1. The first-order valence-corrected chi connectivity index (χ1v) is 3.70. The van der Waals surface area contributed by atoms with Crippen LogP contribution in [-0.4, -0.2) is 16.7 Å². The highest BCUT2D eigenvalue weighted by Gasteiger charge is 2.10. The predicted molar refractivity (Wildman–Crippen MR) is 43.2 cm³/mol. The van der Waals surface area contributed by atoms with E-state index >= 15 is 0 Å². The van der Waals surface area contributed by atoms with Gasteiger partial charge in [0.1, 0.15) is 11.0 Å². The second kappa shape index (κ2) is 3.80. The van der Waals surface area contributed by atoms with E-state index < -0.39 is 11.9 Å². The minimum absolute atomic E-state index is 0.162. The molecule has 3 N–H and O–H groups in total. The predicted octanol–water partition coefficient (Wildman–Crippen LogP) is 0.866. The fourth-order valence-corrected chi connectivity index (χ4v) is 0.976. The highest BCUT2D eigenvalue weighted by Crippen LogP contribution is 2.16. The van der Waals surface area contributed by atoms with Crippen LogP contribution >= 0.6 is 11.6 Å². The van der Waals surface area contributed by atoms with Crippen LogP contribution in [0.4, 0.5) is 4.39 Å². The lowest BCUT2D eigenvalue weighted by atomic mass is 10.1. The van der Waals surface area contributed by atoms with Crippen molar-refractivity contribution >= 4 is 11.6 Å². The summed E-state index contributed by atoms with van der Waals surface area (Å²) in [6, 6.07) is 0.558. The maximum atomic E-state index is 12.9. The van der Waals surface area contributed by atoms with Crippen LogP contribution in [0.1, 0.15) is 11.6 Å². The first kappa shape index (κ1) is 9.38. The normalized spacial score (nSPS) is 13.0. The fraction of sp³-hybridized carbons (Fsp3) is 0.286. The van der Waals surface area contributed by atoms with E-state index in [-0.39, 0.29) is 17.3 Å². The van der Waals surface area contributed by atoms with Crippen molar-refractivity contribution in [1.29, 1.82) is 0 Å². The van der Waals surface area contributed by atoms with Crippen molar-refractivity contribution in [1.82, 2.24) is 4.98 Å². The van der Waals surface area contributed by atoms with E-state index in [2.05, 4.69) is 4.98 Å². The highest BCUT2D eigenvalue weighted by molar-refractivity contribution is 6.29. The lowest BCUT2D eigenvalue weighted by Crippen LogP contribution is -2.16. The molecule has 12 heavy (non-hydrogen) atoms. The molecule has 0 aliphatic rings. The zero-order valence-electron chi connectivity index (χ0n) is 6.17. The smallest absolute Gasteiger partial charge is 0.146 e. The van der Waals surface area contributed by atoms with Gasteiger partial charge in [-0.3, -0.25) is 0 Å². The van der Waals surface area contributed by atoms with Crippen LogP contribution in [0.2, 0.25) is 5.15 Å². The van der Waals surface area contributed by atoms with Crippen LogP contribution < -0.4 is 5.73 Å². The maximum Gasteiger partial charge on any atom is 0.146 e. The third kappa shape index (κ3) is 1.91. The van der Waals surface area contributed by atoms with Crippen molar-refractivity contribution in [2.45, 2.75) is 6.04 Å². The van der Waals surface area contributed by atoms with Crippen LogP contribution in [0.15, 0.2) is 12.3 Å². The molecule has 1 aromatic rings. The number of hydrogen-bond acceptors (Lipinski definition) is 3. The van der Waals surface area contributed by atoms with Gasteiger partial charge in [0, 0.05) is 5.56 Å². The Balaban J connectivity index is 3.04. The van der Waals surface area contributed by atoms with E-state index in [1.165, 1.54) is 6.07 Å². The number of hydrogen-bond donors (Lipinski definition) is 2. The summed E-state index contributed by atoms with van der Waals surface area (Å²) in [6.07, 6.45) is 0.979. The summed E-state index contributed by atoms with van der Waals surface area (Å²) in [7, 11) is 0. The van der Waals surface area contributed by atoms with Gasteiger partial charge in [0.25, 0.3) is 0 Å². The summed E-state index contributed by atoms with van der Waals surface area (Å²) in [4.78, 5) is 3.51. The monoisotopic (exact) mass is 190 g/mol. The second-order valence-corrected chi connectivity index (χ2v) is 2.70. The Hall–Kier alpha value is -0.710. The molecule has 5 heteroatoms. The molecule has 0 spiro atoms. The maximum absolute atomic E-state index is 12.9. The Morgan fingerprint density at radius 2 is 2.42 bits per heavy atom. The molecule has 1 atom stereocenters. The van der Waals surface area contributed by atoms with Crippen molar-refractivity contribution in [2.24, 2.45) is 5.73 Å². The van der Waals surface area contributed by atoms with Crippen LogP contribution in [-0.2, 0) is 0 Å². The van der Waals surface area contributed by atoms with Gasteiger partial charge in [-0.2, -0.15) is 0 Å². The summed E-state index contributed by atoms with van der Waals surface area (Å²) in [5, 5.41) is 8.81. The zero-order chi connectivity index (χ0) is 9.14. The quantitative estimate of drug-likeness (QED) is 0.681. The second-order valence-electron chi connectivity index (χ2n) is 2.32. The van der Waals surface area contributed by atoms with Crippen LogP contribution in [0.5, 0.6) is 0 Å². The van der Waals surface area contributed by atoms with Crippen molar-refractivity contribution in [2.75, 3.05) is 6.61 Å². The molecule has 0 unspecified atom stereocenters. The zero-order valence-corrected chi connectivity index (χ0v) is 6.92. The van der Waals surface area contributed by atoms with Crippen LogP contribution in [0, 0.1) is 5.82 Å². The van der Waals surface area contributed by atoms with E-state index in [1.807, 2.05) is 0 Å². The molecule has 0 aliphatic carbocycles. The average molecular weight is 191 g/mol. The molecule has 0 aliphatic heterocycles. The molecule has 0 amide bonds. The summed E-state index contributed by atoms with van der Waals surface area (Å²) < 4.78 is 12.9. The van der Waals surface area contributed by atoms with Gasteiger partial charge in [0.05, 0.1) is 18.8 Å². The largest absolute Gasteiger partial charge is 0.394 e. The molecule has 3 nitrogen and oxygen atoms in total. The molecule has 1 heterocycles. The van der Waals surface area contributed by atoms with Crippen molar-refractivity contribution in [3.63, 3.8) is 0 Å². The van der Waals surface area contributed by atoms with E-state index in [0.29, 0.717) is 0 Å². The molecular formula is C7H8ClFN2O. The molecule has 0 fully saturated rings. The van der Waals surface area contributed by atoms with Gasteiger partial charge in [0.15, 0.2) is 0 Å². The van der Waals surface area contributed by atoms with Gasteiger partial charge >= 0.3 is 0 Å². The molecule has 66 valence electrons. The highest BCUT2D eigenvalue weighted by atomic mass is 35.5. The van der Waals surface area contributed by atoms with Gasteiger partial charge in [-0.15, -0.1) is 0 Å². The van der Waals surface area contributed by atoms with E-state index in [1.54, 1.807) is 0 Å². The van der Waals surface area contributed by atoms with Crippen molar-refractivity contribution < 1.29 is 9.50 Å². The van der Waals surface area contributed by atoms with Gasteiger partial charge in [-0.05, 0) is 6.07 Å². The van der Waals surface area contributed by atoms with Crippen molar-refractivity contribution in [3.05, 3.63) is 28.8 Å². The summed E-state index contributed by atoms with van der Waals surface area (Å²) >= 11 is 5.50. The molecule has 1 aromatic heterocycles. The summed E-state index contributed by atoms with van der Waals surface area (Å²) in [5.41, 5.74) is 5.57. The molecule has 1 rings (SSSR count). The Kier molecular flexibility index (Phi) is 2.97. The summed E-state index contributed by atoms with van der Waals surface area (Å²) in [6.45, 7) is -0.322. The first-order chi connectivity index (χ1) is 5.65. The van der Waals surface area contributed by atoms with E-state index in [4.69, 9.17) is 22.4 Å². The molecule has 0 radical (unpaired) electrons. The number of aliphatic hydroxyl groups is 1. The molecule has 0 bridgehead atoms. The number of halogens is 2. The van der Waals surface area contributed by atoms with Crippen LogP contribution in [0.25, 0.3) is 0 Å². The number of nitrogens with two attached hydrogens (primary N) is 1. The number of rotatable bonds is 2. The third-order valence-electron chi connectivity index (χ3n) is 1.45. The third-order valence-corrected chi connectivity index (χ3v) is 1.65. The van der Waals surface area contributed by atoms with E-state index in [0.717, 1.165) is 6.20 Å². The topological polar surface area (TPSA) is 59.1 Å². The Labute approximate surface area is 74.0 Å². The lowest BCUT2D eigenvalue weighted by Gasteiger charge is -2.08. The lowest BCUT2D eigenvalue weighted by molar-refractivity contribution is 0.265. The average Bonchev–Trinajstić information content (AvgIpc) is 2.08. The van der Waals surface area contributed by atoms with Gasteiger partial charge in [-0.25, -0.2) is 9.37 Å². The number of aromatic nitrogens is 1.